The van der Waals surface area contributed by atoms with Gasteiger partial charge in [0.05, 0.1) is 0 Å². The molecule has 0 atom stereocenters. The molecule has 21 heavy (non-hydrogen) atoms. The van der Waals surface area contributed by atoms with Gasteiger partial charge >= 0.3 is 0 Å². The number of carbonyl (C=O) groups excluding carboxylic acids is 1. The van der Waals surface area contributed by atoms with Crippen molar-refractivity contribution in [1.29, 1.82) is 0 Å². The molecule has 1 aromatic heterocycles. The summed E-state index contributed by atoms with van der Waals surface area (Å²) in [4.78, 5) is 11.8. The number of amides is 1. The predicted molar refractivity (Wildman–Crippen MR) is 84.2 cm³/mol. The average molecular weight is 326 g/mol. The number of halogens is 1. The second-order valence-corrected chi connectivity index (χ2v) is 6.00. The molecule has 0 radical (unpaired) electrons. The maximum absolute atomic E-state index is 11.8. The standard InChI is InChI=1S/C14H16ClN3O2S/c1-3-4-13-17-18-14(21-13)16-12(19)8-20-11-6-5-10(15)7-9(11)2/h5-7H,3-4,8H2,1-2H3,(H,16,18,19). The molecule has 1 heterocycles. The Morgan fingerprint density at radius 2 is 2.24 bits per heavy atom. The van der Waals surface area contributed by atoms with Gasteiger partial charge in [-0.2, -0.15) is 0 Å². The lowest BCUT2D eigenvalue weighted by Crippen LogP contribution is -2.20. The highest BCUT2D eigenvalue weighted by atomic mass is 35.5. The molecule has 0 aliphatic carbocycles. The second kappa shape index (κ2) is 7.38. The minimum atomic E-state index is -0.261. The van der Waals surface area contributed by atoms with E-state index < -0.39 is 0 Å². The highest BCUT2D eigenvalue weighted by Gasteiger charge is 2.09. The largest absolute Gasteiger partial charge is 0.483 e. The maximum Gasteiger partial charge on any atom is 0.264 e. The molecule has 0 aliphatic heterocycles. The van der Waals surface area contributed by atoms with Crippen LogP contribution in [0.15, 0.2) is 18.2 Å². The molecule has 0 spiro atoms. The quantitative estimate of drug-likeness (QED) is 0.883. The first kappa shape index (κ1) is 15.7. The number of nitrogens with one attached hydrogen (secondary N) is 1. The molecule has 2 rings (SSSR count). The van der Waals surface area contributed by atoms with Crippen LogP contribution >= 0.6 is 22.9 Å². The number of aromatic nitrogens is 2. The van der Waals surface area contributed by atoms with Crippen molar-refractivity contribution in [3.8, 4) is 5.75 Å². The molecular weight excluding hydrogens is 310 g/mol. The number of rotatable bonds is 6. The Morgan fingerprint density at radius 3 is 2.95 bits per heavy atom. The minimum absolute atomic E-state index is 0.0782. The van der Waals surface area contributed by atoms with Gasteiger partial charge in [-0.05, 0) is 37.1 Å². The van der Waals surface area contributed by atoms with Crippen LogP contribution in [0.4, 0.5) is 5.13 Å². The monoisotopic (exact) mass is 325 g/mol. The SMILES string of the molecule is CCCc1nnc(NC(=O)COc2ccc(Cl)cc2C)s1. The van der Waals surface area contributed by atoms with Gasteiger partial charge in [-0.25, -0.2) is 0 Å². The van der Waals surface area contributed by atoms with Crippen LogP contribution in [0.25, 0.3) is 0 Å². The second-order valence-electron chi connectivity index (χ2n) is 4.50. The Kier molecular flexibility index (Phi) is 5.52. The van der Waals surface area contributed by atoms with Gasteiger partial charge in [0, 0.05) is 11.4 Å². The Balaban J connectivity index is 1.86. The predicted octanol–water partition coefficient (Wildman–Crippen LogP) is 3.47. The summed E-state index contributed by atoms with van der Waals surface area (Å²) in [5.41, 5.74) is 0.886. The van der Waals surface area contributed by atoms with Crippen LogP contribution in [0, 0.1) is 6.92 Å². The van der Waals surface area contributed by atoms with E-state index in [9.17, 15) is 4.79 Å². The van der Waals surface area contributed by atoms with E-state index in [0.29, 0.717) is 15.9 Å². The van der Waals surface area contributed by atoms with Crippen molar-refractivity contribution >= 4 is 34.0 Å². The maximum atomic E-state index is 11.8. The lowest BCUT2D eigenvalue weighted by molar-refractivity contribution is -0.118. The summed E-state index contributed by atoms with van der Waals surface area (Å²) in [5.74, 6) is 0.377. The Bertz CT molecular complexity index is 630. The molecule has 0 fully saturated rings. The number of ether oxygens (including phenoxy) is 1. The summed E-state index contributed by atoms with van der Waals surface area (Å²) in [6.07, 6.45) is 1.87. The molecule has 0 unspecified atom stereocenters. The number of benzene rings is 1. The van der Waals surface area contributed by atoms with Gasteiger partial charge in [-0.1, -0.05) is 29.9 Å². The molecule has 112 valence electrons. The smallest absolute Gasteiger partial charge is 0.264 e. The molecule has 1 amide bonds. The third-order valence-electron chi connectivity index (χ3n) is 2.67. The van der Waals surface area contributed by atoms with Crippen LogP contribution in [-0.4, -0.2) is 22.7 Å². The fourth-order valence-corrected chi connectivity index (χ4v) is 2.78. The first-order valence-corrected chi connectivity index (χ1v) is 7.79. The molecule has 1 N–H and O–H groups in total. The number of hydrogen-bond acceptors (Lipinski definition) is 5. The zero-order chi connectivity index (χ0) is 15.2. The van der Waals surface area contributed by atoms with Crippen LogP contribution in [0.5, 0.6) is 5.75 Å². The van der Waals surface area contributed by atoms with Crippen LogP contribution in [0.2, 0.25) is 5.02 Å². The van der Waals surface area contributed by atoms with Crippen LogP contribution in [0.1, 0.15) is 23.9 Å². The number of nitrogens with zero attached hydrogens (tertiary/aromatic N) is 2. The van der Waals surface area contributed by atoms with Gasteiger partial charge in [0.2, 0.25) is 5.13 Å². The van der Waals surface area contributed by atoms with Gasteiger partial charge < -0.3 is 4.74 Å². The van der Waals surface area contributed by atoms with Crippen molar-refractivity contribution in [2.45, 2.75) is 26.7 Å². The van der Waals surface area contributed by atoms with E-state index in [2.05, 4.69) is 22.4 Å². The summed E-state index contributed by atoms with van der Waals surface area (Å²) in [5, 5.41) is 12.7. The first-order valence-electron chi connectivity index (χ1n) is 6.59. The summed E-state index contributed by atoms with van der Waals surface area (Å²) >= 11 is 7.25. The van der Waals surface area contributed by atoms with E-state index in [1.54, 1.807) is 18.2 Å². The summed E-state index contributed by atoms with van der Waals surface area (Å²) < 4.78 is 5.47. The zero-order valence-corrected chi connectivity index (χ0v) is 13.4. The molecular formula is C14H16ClN3O2S. The number of carbonyl (C=O) groups is 1. The van der Waals surface area contributed by atoms with Crippen LogP contribution in [-0.2, 0) is 11.2 Å². The Hall–Kier alpha value is -1.66. The molecule has 7 heteroatoms. The molecule has 0 aliphatic rings. The van der Waals surface area contributed by atoms with Crippen molar-refractivity contribution < 1.29 is 9.53 Å². The third-order valence-corrected chi connectivity index (χ3v) is 3.81. The number of anilines is 1. The number of aryl methyl sites for hydroxylation is 2. The van der Waals surface area contributed by atoms with Crippen molar-refractivity contribution in [3.05, 3.63) is 33.8 Å². The molecule has 0 bridgehead atoms. The Labute approximate surface area is 132 Å². The molecule has 1 aromatic carbocycles. The summed E-state index contributed by atoms with van der Waals surface area (Å²) in [6.45, 7) is 3.87. The lowest BCUT2D eigenvalue weighted by atomic mass is 10.2. The molecule has 0 saturated carbocycles. The highest BCUT2D eigenvalue weighted by Crippen LogP contribution is 2.22. The van der Waals surface area contributed by atoms with Gasteiger partial charge in [0.1, 0.15) is 10.8 Å². The fraction of sp³-hybridized carbons (Fsp3) is 0.357. The van der Waals surface area contributed by atoms with Crippen LogP contribution < -0.4 is 10.1 Å². The Morgan fingerprint density at radius 1 is 1.43 bits per heavy atom. The molecule has 0 saturated heterocycles. The van der Waals surface area contributed by atoms with Crippen molar-refractivity contribution in [3.63, 3.8) is 0 Å². The normalized spacial score (nSPS) is 10.4. The van der Waals surface area contributed by atoms with E-state index >= 15 is 0 Å². The van der Waals surface area contributed by atoms with Gasteiger partial charge in [0.15, 0.2) is 6.61 Å². The topological polar surface area (TPSA) is 64.1 Å². The van der Waals surface area contributed by atoms with Gasteiger partial charge in [-0.15, -0.1) is 10.2 Å². The fourth-order valence-electron chi connectivity index (χ4n) is 1.69. The van der Waals surface area contributed by atoms with E-state index in [1.807, 2.05) is 6.92 Å². The summed E-state index contributed by atoms with van der Waals surface area (Å²) in [6, 6.07) is 5.26. The van der Waals surface area contributed by atoms with Crippen LogP contribution in [0.3, 0.4) is 0 Å². The molecule has 5 nitrogen and oxygen atoms in total. The average Bonchev–Trinajstić information content (AvgIpc) is 2.85. The minimum Gasteiger partial charge on any atom is -0.483 e. The van der Waals surface area contributed by atoms with E-state index in [-0.39, 0.29) is 12.5 Å². The van der Waals surface area contributed by atoms with Crippen molar-refractivity contribution in [1.82, 2.24) is 10.2 Å². The van der Waals surface area contributed by atoms with Crippen molar-refractivity contribution in [2.75, 3.05) is 11.9 Å². The van der Waals surface area contributed by atoms with Gasteiger partial charge in [0.25, 0.3) is 5.91 Å². The van der Waals surface area contributed by atoms with E-state index in [0.717, 1.165) is 23.4 Å². The van der Waals surface area contributed by atoms with Gasteiger partial charge in [-0.3, -0.25) is 10.1 Å². The highest BCUT2D eigenvalue weighted by molar-refractivity contribution is 7.15. The molecule has 2 aromatic rings. The third kappa shape index (κ3) is 4.68. The first-order chi connectivity index (χ1) is 10.1. The van der Waals surface area contributed by atoms with E-state index in [1.165, 1.54) is 11.3 Å². The number of hydrogen-bond donors (Lipinski definition) is 1. The lowest BCUT2D eigenvalue weighted by Gasteiger charge is -2.08. The zero-order valence-electron chi connectivity index (χ0n) is 11.9. The van der Waals surface area contributed by atoms with Crippen molar-refractivity contribution in [2.24, 2.45) is 0 Å². The summed E-state index contributed by atoms with van der Waals surface area (Å²) in [7, 11) is 0. The van der Waals surface area contributed by atoms with E-state index in [4.69, 9.17) is 16.3 Å².